The fourth-order valence-corrected chi connectivity index (χ4v) is 13.2. The van der Waals surface area contributed by atoms with Crippen LogP contribution < -0.4 is 31.4 Å². The van der Waals surface area contributed by atoms with Crippen LogP contribution in [0.2, 0.25) is 10.0 Å². The largest absolute Gasteiger partial charge is 0.459 e. The number of carbonyl (C=O) groups excluding carboxylic acids is 3. The van der Waals surface area contributed by atoms with Gasteiger partial charge in [-0.15, -0.1) is 11.8 Å². The van der Waals surface area contributed by atoms with Gasteiger partial charge in [0.1, 0.15) is 34.9 Å². The van der Waals surface area contributed by atoms with Crippen molar-refractivity contribution in [1.29, 1.82) is 15.8 Å². The molecule has 19 nitrogen and oxygen atoms in total. The number of anilines is 3. The molecule has 1 atom stereocenters. The molecule has 1 unspecified atom stereocenters. The Morgan fingerprint density at radius 2 is 0.988 bits per heavy atom. The molecule has 4 aliphatic rings. The number of pyridine rings is 3. The van der Waals surface area contributed by atoms with Crippen molar-refractivity contribution in [3.05, 3.63) is 178 Å². The number of hydrogen-bond acceptors (Lipinski definition) is 14. The molecule has 0 N–H and O–H groups in total. The molecule has 85 heavy (non-hydrogen) atoms. The number of nitriles is 3. The van der Waals surface area contributed by atoms with Crippen LogP contribution in [0.25, 0.3) is 32.7 Å². The Morgan fingerprint density at radius 3 is 1.44 bits per heavy atom. The van der Waals surface area contributed by atoms with Gasteiger partial charge in [0.2, 0.25) is 5.91 Å². The summed E-state index contributed by atoms with van der Waals surface area (Å²) in [5, 5.41) is 32.5. The van der Waals surface area contributed by atoms with Crippen LogP contribution in [0.4, 0.5) is 17.1 Å². The molecule has 4 aliphatic heterocycles. The van der Waals surface area contributed by atoms with E-state index < -0.39 is 0 Å². The summed E-state index contributed by atoms with van der Waals surface area (Å²) in [6.45, 7) is 8.53. The van der Waals surface area contributed by atoms with Crippen LogP contribution in [0.15, 0.2) is 122 Å². The zero-order chi connectivity index (χ0) is 60.2. The van der Waals surface area contributed by atoms with Gasteiger partial charge in [-0.05, 0) is 80.1 Å². The van der Waals surface area contributed by atoms with Gasteiger partial charge in [0.25, 0.3) is 28.5 Å². The molecule has 12 rings (SSSR count). The van der Waals surface area contributed by atoms with E-state index in [0.717, 1.165) is 56.9 Å². The number of fused-ring (bicyclic) bond motifs is 3. The number of thioether (sulfide) groups is 1. The predicted molar refractivity (Wildman–Crippen MR) is 332 cm³/mol. The molecule has 0 radical (unpaired) electrons. The summed E-state index contributed by atoms with van der Waals surface area (Å²) in [6, 6.07) is 35.6. The number of para-hydroxylation sites is 2. The van der Waals surface area contributed by atoms with Crippen molar-refractivity contribution in [2.75, 3.05) is 99.0 Å². The molecule has 4 aromatic heterocycles. The second-order valence-corrected chi connectivity index (χ2v) is 23.3. The van der Waals surface area contributed by atoms with Gasteiger partial charge in [-0.3, -0.25) is 28.8 Å². The van der Waals surface area contributed by atoms with Crippen LogP contribution >= 0.6 is 35.0 Å². The zero-order valence-corrected chi connectivity index (χ0v) is 49.7. The maximum absolute atomic E-state index is 12.9. The summed E-state index contributed by atoms with van der Waals surface area (Å²) >= 11 is 13.8. The minimum Gasteiger partial charge on any atom is -0.459 e. The summed E-state index contributed by atoms with van der Waals surface area (Å²) in [4.78, 5) is 87.7. The average Bonchev–Trinajstić information content (AvgIpc) is 2.65. The lowest BCUT2D eigenvalue weighted by Gasteiger charge is -2.37. The molecule has 22 heteroatoms. The lowest BCUT2D eigenvalue weighted by molar-refractivity contribution is -0.130. The van der Waals surface area contributed by atoms with Crippen molar-refractivity contribution in [3.63, 3.8) is 0 Å². The summed E-state index contributed by atoms with van der Waals surface area (Å²) in [7, 11) is 5.05. The number of amides is 3. The molecule has 0 aliphatic carbocycles. The van der Waals surface area contributed by atoms with Gasteiger partial charge in [-0.25, -0.2) is 0 Å². The maximum atomic E-state index is 12.9. The first kappa shape index (κ1) is 59.2. The fraction of sp³-hybridized carbons (Fsp3) is 0.317. The van der Waals surface area contributed by atoms with Crippen molar-refractivity contribution in [2.24, 2.45) is 21.1 Å². The van der Waals surface area contributed by atoms with Gasteiger partial charge in [-0.1, -0.05) is 71.2 Å². The van der Waals surface area contributed by atoms with E-state index in [1.54, 1.807) is 73.0 Å². The highest BCUT2D eigenvalue weighted by Crippen LogP contribution is 2.34. The third-order valence-corrected chi connectivity index (χ3v) is 18.3. The van der Waals surface area contributed by atoms with Crippen molar-refractivity contribution in [2.45, 2.75) is 25.0 Å². The quantitative estimate of drug-likeness (QED) is 0.154. The number of aryl methyl sites for hydroxylation is 4. The summed E-state index contributed by atoms with van der Waals surface area (Å²) in [5.74, 6) is 1.37. The number of benzene rings is 4. The van der Waals surface area contributed by atoms with E-state index in [9.17, 15) is 44.6 Å². The zero-order valence-electron chi connectivity index (χ0n) is 47.4. The van der Waals surface area contributed by atoms with Gasteiger partial charge in [0.05, 0.1) is 55.2 Å². The second-order valence-electron chi connectivity index (χ2n) is 21.1. The summed E-state index contributed by atoms with van der Waals surface area (Å²) in [5.41, 5.74) is 5.47. The maximum Gasteiger partial charge on any atom is 0.289 e. The Morgan fingerprint density at radius 1 is 0.529 bits per heavy atom. The van der Waals surface area contributed by atoms with Gasteiger partial charge < -0.3 is 47.5 Å². The molecule has 8 heterocycles. The number of furan rings is 1. The Hall–Kier alpha value is -9.00. The standard InChI is InChI=1S/C23H20Cl2N4O2.C20H18N4O3.C20H22N4O2S/c1-14-3-6-20-16(11-14)21(17(13-26)23(31)27(20)2)28-7-9-29(10-8-28)22(30)15-4-5-18(24)19(25)12-15;2*1-22-16-6-3-2-5-14(16)18(15(13-21)19(22)25)23-8-10-24(11-9-23)20(26)17-7-4-12-27-17/h3-6,11-12H,7-10H2,1-2H3;2-7,12H,8-11H2,1H3;2-3,5-6,17H,4,7-12H2,1H3. The number of nitrogens with zero attached hydrogens (tertiary/aromatic N) is 12. The van der Waals surface area contributed by atoms with E-state index >= 15 is 0 Å². The Balaban J connectivity index is 0.000000142. The number of halogens is 2. The number of aromatic nitrogens is 3. The minimum atomic E-state index is -0.317. The van der Waals surface area contributed by atoms with Crippen molar-refractivity contribution in [3.8, 4) is 18.2 Å². The van der Waals surface area contributed by atoms with Crippen molar-refractivity contribution in [1.82, 2.24) is 28.4 Å². The van der Waals surface area contributed by atoms with Crippen LogP contribution in [0.5, 0.6) is 0 Å². The monoisotopic (exact) mass is 1200 g/mol. The van der Waals surface area contributed by atoms with Crippen LogP contribution in [-0.4, -0.2) is 136 Å². The number of carbonyl (C=O) groups is 3. The molecule has 0 saturated carbocycles. The molecule has 4 saturated heterocycles. The van der Waals surface area contributed by atoms with E-state index in [-0.39, 0.29) is 56.3 Å². The Labute approximate surface area is 504 Å². The van der Waals surface area contributed by atoms with Crippen LogP contribution in [0.3, 0.4) is 0 Å². The molecule has 4 fully saturated rings. The molecule has 434 valence electrons. The van der Waals surface area contributed by atoms with Crippen molar-refractivity contribution >= 4 is 102 Å². The smallest absolute Gasteiger partial charge is 0.289 e. The van der Waals surface area contributed by atoms with Gasteiger partial charge in [-0.2, -0.15) is 15.8 Å². The topological polar surface area (TPSA) is 221 Å². The molecule has 8 aromatic rings. The van der Waals surface area contributed by atoms with Crippen molar-refractivity contribution < 1.29 is 18.8 Å². The molecular formula is C63H60Cl2N12O7S. The highest BCUT2D eigenvalue weighted by molar-refractivity contribution is 8.00. The lowest BCUT2D eigenvalue weighted by Crippen LogP contribution is -2.51. The molecule has 4 aromatic carbocycles. The third kappa shape index (κ3) is 11.7. The van der Waals surface area contributed by atoms with E-state index in [0.29, 0.717) is 117 Å². The molecule has 0 bridgehead atoms. The van der Waals surface area contributed by atoms with Gasteiger partial charge in [0.15, 0.2) is 5.76 Å². The average molecular weight is 1200 g/mol. The van der Waals surface area contributed by atoms with E-state index in [4.69, 9.17) is 27.6 Å². The summed E-state index contributed by atoms with van der Waals surface area (Å²) in [6.07, 6.45) is 3.57. The van der Waals surface area contributed by atoms with E-state index in [1.807, 2.05) is 88.4 Å². The Bertz CT molecular complexity index is 4250. The fourth-order valence-electron chi connectivity index (χ4n) is 11.7. The Kier molecular flexibility index (Phi) is 17.7. The van der Waals surface area contributed by atoms with Gasteiger partial charge >= 0.3 is 0 Å². The number of piperazine rings is 3. The lowest BCUT2D eigenvalue weighted by atomic mass is 10.0. The number of rotatable bonds is 6. The first-order valence-corrected chi connectivity index (χ1v) is 29.6. The second kappa shape index (κ2) is 25.5. The first-order chi connectivity index (χ1) is 41.0. The third-order valence-electron chi connectivity index (χ3n) is 16.2. The highest BCUT2D eigenvalue weighted by Gasteiger charge is 2.33. The van der Waals surface area contributed by atoms with E-state index in [1.165, 1.54) is 20.0 Å². The van der Waals surface area contributed by atoms with Crippen LogP contribution in [-0.2, 0) is 25.9 Å². The highest BCUT2D eigenvalue weighted by atomic mass is 35.5. The molecular weight excluding hydrogens is 1140 g/mol. The van der Waals surface area contributed by atoms with Gasteiger partial charge in [0, 0.05) is 121 Å². The minimum absolute atomic E-state index is 0.107. The molecule has 0 spiro atoms. The van der Waals surface area contributed by atoms with Crippen LogP contribution in [0, 0.1) is 40.9 Å². The normalized spacial score (nSPS) is 16.1. The van der Waals surface area contributed by atoms with E-state index in [2.05, 4.69) is 23.1 Å². The molecule has 3 amide bonds. The number of hydrogen-bond donors (Lipinski definition) is 0. The summed E-state index contributed by atoms with van der Waals surface area (Å²) < 4.78 is 9.75. The van der Waals surface area contributed by atoms with Crippen LogP contribution in [0.1, 0.15) is 56.0 Å². The SMILES string of the molecule is Cc1ccc2c(c1)c(N1CCN(C(=O)c3ccc(Cl)c(Cl)c3)CC1)c(C#N)c(=O)n2C.Cn1c(=O)c(C#N)c(N2CCN(C(=O)C3CCCS3)CC2)c2ccccc21.Cn1c(=O)c(C#N)c(N2CCN(C(=O)c3ccco3)CC2)c2ccccc21. The first-order valence-electron chi connectivity index (χ1n) is 27.8. The predicted octanol–water partition coefficient (Wildman–Crippen LogP) is 7.91.